The molecule has 0 spiro atoms. The van der Waals surface area contributed by atoms with E-state index in [1.807, 2.05) is 38.1 Å². The van der Waals surface area contributed by atoms with Gasteiger partial charge in [-0.3, -0.25) is 10.1 Å². The second-order valence-electron chi connectivity index (χ2n) is 5.56. The summed E-state index contributed by atoms with van der Waals surface area (Å²) in [5.74, 6) is 1.11. The minimum Gasteiger partial charge on any atom is -0.493 e. The first kappa shape index (κ1) is 22.1. The van der Waals surface area contributed by atoms with E-state index in [1.54, 1.807) is 18.2 Å². The Balaban J connectivity index is 1.86. The van der Waals surface area contributed by atoms with Gasteiger partial charge in [0.05, 0.1) is 17.7 Å². The van der Waals surface area contributed by atoms with Crippen LogP contribution in [0, 0.1) is 0 Å². The summed E-state index contributed by atoms with van der Waals surface area (Å²) in [5.41, 5.74) is 1.22. The summed E-state index contributed by atoms with van der Waals surface area (Å²) in [5, 5.41) is 5.84. The van der Waals surface area contributed by atoms with E-state index in [0.717, 1.165) is 11.4 Å². The number of ether oxygens (including phenoxy) is 3. The maximum atomic E-state index is 12.4. The number of hydrogen-bond donors (Lipinski definition) is 2. The smallest absolute Gasteiger partial charge is 0.257 e. The molecular weight excluding hydrogens is 444 g/mol. The molecule has 0 bridgehead atoms. The van der Waals surface area contributed by atoms with Gasteiger partial charge in [0.1, 0.15) is 18.1 Å². The Hall–Kier alpha value is -2.16. The van der Waals surface area contributed by atoms with E-state index in [0.29, 0.717) is 42.2 Å². The Morgan fingerprint density at radius 2 is 1.79 bits per heavy atom. The van der Waals surface area contributed by atoms with Gasteiger partial charge in [0.2, 0.25) is 0 Å². The zero-order valence-corrected chi connectivity index (χ0v) is 18.2. The van der Waals surface area contributed by atoms with Crippen LogP contribution in [0.15, 0.2) is 46.9 Å². The third-order valence-corrected chi connectivity index (χ3v) is 4.36. The fraction of sp³-hybridized carbons (Fsp3) is 0.300. The fourth-order valence-corrected chi connectivity index (χ4v) is 2.95. The van der Waals surface area contributed by atoms with Gasteiger partial charge < -0.3 is 19.5 Å². The van der Waals surface area contributed by atoms with Gasteiger partial charge in [-0.05, 0) is 84.5 Å². The van der Waals surface area contributed by atoms with Crippen LogP contribution in [-0.2, 0) is 4.74 Å². The lowest BCUT2D eigenvalue weighted by Gasteiger charge is -2.12. The Morgan fingerprint density at radius 3 is 2.43 bits per heavy atom. The first-order chi connectivity index (χ1) is 13.5. The van der Waals surface area contributed by atoms with Gasteiger partial charge in [-0.25, -0.2) is 0 Å². The molecule has 1 amide bonds. The van der Waals surface area contributed by atoms with Crippen LogP contribution in [0.3, 0.4) is 0 Å². The van der Waals surface area contributed by atoms with Crippen molar-refractivity contribution in [2.24, 2.45) is 0 Å². The van der Waals surface area contributed by atoms with Crippen LogP contribution in [0.25, 0.3) is 0 Å². The largest absolute Gasteiger partial charge is 0.493 e. The third-order valence-electron chi connectivity index (χ3n) is 3.53. The molecule has 0 aliphatic carbocycles. The van der Waals surface area contributed by atoms with Crippen LogP contribution in [0.1, 0.15) is 24.2 Å². The Kier molecular flexibility index (Phi) is 9.19. The van der Waals surface area contributed by atoms with Crippen molar-refractivity contribution in [1.82, 2.24) is 5.32 Å². The first-order valence-corrected chi connectivity index (χ1v) is 10.1. The lowest BCUT2D eigenvalue weighted by Crippen LogP contribution is -2.34. The lowest BCUT2D eigenvalue weighted by atomic mass is 10.2. The molecule has 0 heterocycles. The van der Waals surface area contributed by atoms with Gasteiger partial charge >= 0.3 is 0 Å². The van der Waals surface area contributed by atoms with E-state index >= 15 is 0 Å². The summed E-state index contributed by atoms with van der Waals surface area (Å²) in [7, 11) is 0. The quantitative estimate of drug-likeness (QED) is 0.421. The highest BCUT2D eigenvalue weighted by molar-refractivity contribution is 9.10. The maximum absolute atomic E-state index is 12.4. The molecule has 2 aromatic carbocycles. The summed E-state index contributed by atoms with van der Waals surface area (Å²) >= 11 is 8.61. The maximum Gasteiger partial charge on any atom is 0.257 e. The zero-order valence-electron chi connectivity index (χ0n) is 15.8. The molecule has 2 N–H and O–H groups in total. The van der Waals surface area contributed by atoms with Crippen molar-refractivity contribution in [1.29, 1.82) is 0 Å². The molecule has 0 atom stereocenters. The molecule has 2 rings (SSSR count). The number of hydrogen-bond acceptors (Lipinski definition) is 5. The van der Waals surface area contributed by atoms with Crippen molar-refractivity contribution in [3.63, 3.8) is 0 Å². The minimum atomic E-state index is -0.308. The van der Waals surface area contributed by atoms with E-state index in [2.05, 4.69) is 26.6 Å². The van der Waals surface area contributed by atoms with Crippen LogP contribution in [-0.4, -0.2) is 37.4 Å². The topological polar surface area (TPSA) is 68.8 Å². The van der Waals surface area contributed by atoms with Crippen LogP contribution < -0.4 is 20.1 Å². The molecular formula is C20H23BrN2O4S. The van der Waals surface area contributed by atoms with Crippen LogP contribution >= 0.6 is 28.1 Å². The molecule has 0 fully saturated rings. The number of thiocarbonyl (C=S) groups is 1. The van der Waals surface area contributed by atoms with Gasteiger partial charge in [0.15, 0.2) is 5.11 Å². The molecule has 0 radical (unpaired) electrons. The van der Waals surface area contributed by atoms with Gasteiger partial charge in [-0.2, -0.15) is 0 Å². The van der Waals surface area contributed by atoms with Crippen LogP contribution in [0.5, 0.6) is 11.5 Å². The molecule has 0 aromatic heterocycles. The van der Waals surface area contributed by atoms with Crippen molar-refractivity contribution in [3.05, 3.63) is 52.5 Å². The average Bonchev–Trinajstić information content (AvgIpc) is 2.68. The monoisotopic (exact) mass is 466 g/mol. The normalized spacial score (nSPS) is 10.2. The van der Waals surface area contributed by atoms with Crippen LogP contribution in [0.4, 0.5) is 5.69 Å². The molecule has 8 heteroatoms. The van der Waals surface area contributed by atoms with Gasteiger partial charge in [0.25, 0.3) is 5.91 Å². The summed E-state index contributed by atoms with van der Waals surface area (Å²) in [6.45, 7) is 6.10. The lowest BCUT2D eigenvalue weighted by molar-refractivity contribution is 0.0977. The van der Waals surface area contributed by atoms with Crippen molar-refractivity contribution in [2.45, 2.75) is 13.8 Å². The predicted molar refractivity (Wildman–Crippen MR) is 117 cm³/mol. The highest BCUT2D eigenvalue weighted by atomic mass is 79.9. The van der Waals surface area contributed by atoms with E-state index < -0.39 is 0 Å². The summed E-state index contributed by atoms with van der Waals surface area (Å²) in [6.07, 6.45) is 0. The fourth-order valence-electron chi connectivity index (χ4n) is 2.25. The first-order valence-electron chi connectivity index (χ1n) is 8.88. The Bertz CT molecular complexity index is 799. The number of amides is 1. The second kappa shape index (κ2) is 11.6. The number of carbonyl (C=O) groups excluding carboxylic acids is 1. The molecule has 0 aliphatic rings. The second-order valence-corrected chi connectivity index (χ2v) is 6.82. The van der Waals surface area contributed by atoms with Crippen molar-refractivity contribution >= 4 is 44.9 Å². The number of benzene rings is 2. The van der Waals surface area contributed by atoms with Crippen molar-refractivity contribution in [2.75, 3.05) is 31.7 Å². The minimum absolute atomic E-state index is 0.208. The van der Waals surface area contributed by atoms with Gasteiger partial charge in [0, 0.05) is 17.9 Å². The Morgan fingerprint density at radius 1 is 1.04 bits per heavy atom. The molecule has 2 aromatic rings. The SMILES string of the molecule is CCOCCOc1ccc(NC(=S)NC(=O)c2ccc(OCC)c(Br)c2)cc1. The molecule has 0 saturated heterocycles. The summed E-state index contributed by atoms with van der Waals surface area (Å²) < 4.78 is 16.9. The van der Waals surface area contributed by atoms with Crippen molar-refractivity contribution < 1.29 is 19.0 Å². The molecule has 150 valence electrons. The summed E-state index contributed by atoms with van der Waals surface area (Å²) in [6, 6.07) is 12.4. The number of carbonyl (C=O) groups is 1. The van der Waals surface area contributed by atoms with Crippen molar-refractivity contribution in [3.8, 4) is 11.5 Å². The summed E-state index contributed by atoms with van der Waals surface area (Å²) in [4.78, 5) is 12.4. The highest BCUT2D eigenvalue weighted by Crippen LogP contribution is 2.26. The van der Waals surface area contributed by atoms with E-state index in [1.165, 1.54) is 0 Å². The molecule has 0 saturated carbocycles. The number of nitrogens with one attached hydrogen (secondary N) is 2. The molecule has 0 unspecified atom stereocenters. The third kappa shape index (κ3) is 7.10. The molecule has 0 aliphatic heterocycles. The van der Waals surface area contributed by atoms with E-state index in [9.17, 15) is 4.79 Å². The van der Waals surface area contributed by atoms with E-state index in [4.69, 9.17) is 26.4 Å². The number of halogens is 1. The van der Waals surface area contributed by atoms with Gasteiger partial charge in [-0.1, -0.05) is 0 Å². The van der Waals surface area contributed by atoms with E-state index in [-0.39, 0.29) is 11.0 Å². The average molecular weight is 467 g/mol. The Labute approximate surface area is 178 Å². The molecule has 28 heavy (non-hydrogen) atoms. The number of anilines is 1. The number of rotatable bonds is 9. The standard InChI is InChI=1S/C20H23BrN2O4S/c1-3-25-11-12-27-16-8-6-15(7-9-16)22-20(28)23-19(24)14-5-10-18(26-4-2)17(21)13-14/h5-10,13H,3-4,11-12H2,1-2H3,(H2,22,23,24,28). The molecule has 6 nitrogen and oxygen atoms in total. The van der Waals surface area contributed by atoms with Crippen LogP contribution in [0.2, 0.25) is 0 Å². The predicted octanol–water partition coefficient (Wildman–Crippen LogP) is 4.39. The zero-order chi connectivity index (χ0) is 20.4. The highest BCUT2D eigenvalue weighted by Gasteiger charge is 2.11. The van der Waals surface area contributed by atoms with Gasteiger partial charge in [-0.15, -0.1) is 0 Å².